The third-order valence-corrected chi connectivity index (χ3v) is 2.75. The van der Waals surface area contributed by atoms with Crippen molar-refractivity contribution in [2.24, 2.45) is 4.99 Å². The van der Waals surface area contributed by atoms with Crippen LogP contribution >= 0.6 is 0 Å². The Labute approximate surface area is 92.6 Å². The van der Waals surface area contributed by atoms with Crippen LogP contribution in [0, 0.1) is 13.8 Å². The minimum absolute atomic E-state index is 0.971. The van der Waals surface area contributed by atoms with Crippen LogP contribution < -0.4 is 0 Å². The van der Waals surface area contributed by atoms with Gasteiger partial charge in [-0.05, 0) is 50.0 Å². The van der Waals surface area contributed by atoms with E-state index < -0.39 is 0 Å². The molecule has 0 radical (unpaired) electrons. The Bertz CT molecular complexity index is 400. The molecule has 0 bridgehead atoms. The predicted molar refractivity (Wildman–Crippen MR) is 68.3 cm³/mol. The van der Waals surface area contributed by atoms with Gasteiger partial charge >= 0.3 is 0 Å². The largest absolute Gasteiger partial charge is 0.253 e. The van der Waals surface area contributed by atoms with Gasteiger partial charge in [-0.2, -0.15) is 0 Å². The van der Waals surface area contributed by atoms with Crippen LogP contribution in [0.1, 0.15) is 30.5 Å². The average molecular weight is 201 g/mol. The van der Waals surface area contributed by atoms with Crippen molar-refractivity contribution < 1.29 is 0 Å². The fourth-order valence-electron chi connectivity index (χ4n) is 1.52. The van der Waals surface area contributed by atoms with E-state index in [1.165, 1.54) is 16.7 Å². The first-order chi connectivity index (χ1) is 7.10. The van der Waals surface area contributed by atoms with Gasteiger partial charge in [0.1, 0.15) is 0 Å². The molecule has 0 aliphatic heterocycles. The van der Waals surface area contributed by atoms with Crippen molar-refractivity contribution in [1.29, 1.82) is 0 Å². The summed E-state index contributed by atoms with van der Waals surface area (Å²) in [5.74, 6) is 0. The van der Waals surface area contributed by atoms with Gasteiger partial charge < -0.3 is 0 Å². The number of allylic oxidation sites excluding steroid dienone is 1. The first-order valence-electron chi connectivity index (χ1n) is 5.37. The third-order valence-electron chi connectivity index (χ3n) is 2.75. The molecule has 0 fully saturated rings. The maximum absolute atomic E-state index is 4.61. The number of nitrogens with zero attached hydrogens (tertiary/aromatic N) is 1. The van der Waals surface area contributed by atoms with Gasteiger partial charge in [0, 0.05) is 5.71 Å². The zero-order valence-electron chi connectivity index (χ0n) is 10.1. The number of hydrogen-bond donors (Lipinski definition) is 0. The number of benzene rings is 1. The van der Waals surface area contributed by atoms with Crippen molar-refractivity contribution >= 4 is 11.4 Å². The monoisotopic (exact) mass is 201 g/mol. The maximum Gasteiger partial charge on any atom is 0.0696 e. The Hall–Kier alpha value is -1.37. The highest BCUT2D eigenvalue weighted by molar-refractivity contribution is 5.94. The van der Waals surface area contributed by atoms with Crippen molar-refractivity contribution in [3.8, 4) is 0 Å². The van der Waals surface area contributed by atoms with Crippen LogP contribution in [-0.4, -0.2) is 5.71 Å². The van der Waals surface area contributed by atoms with Gasteiger partial charge in [0.05, 0.1) is 5.69 Å². The Morgan fingerprint density at radius 1 is 1.40 bits per heavy atom. The molecule has 1 aromatic carbocycles. The number of hydrogen-bond acceptors (Lipinski definition) is 1. The summed E-state index contributed by atoms with van der Waals surface area (Å²) in [6.45, 7) is 12.1. The molecular weight excluding hydrogens is 182 g/mol. The zero-order valence-corrected chi connectivity index (χ0v) is 10.1. The maximum atomic E-state index is 4.61. The van der Waals surface area contributed by atoms with Gasteiger partial charge in [0.2, 0.25) is 0 Å². The minimum Gasteiger partial charge on any atom is -0.253 e. The van der Waals surface area contributed by atoms with Gasteiger partial charge in [0.25, 0.3) is 0 Å². The molecule has 0 amide bonds. The van der Waals surface area contributed by atoms with Crippen LogP contribution in [0.3, 0.4) is 0 Å². The molecule has 0 atom stereocenters. The van der Waals surface area contributed by atoms with E-state index in [1.807, 2.05) is 6.92 Å². The number of aliphatic imine (C=N–C) groups is 1. The molecule has 0 saturated carbocycles. The summed E-state index contributed by atoms with van der Waals surface area (Å²) in [5.41, 5.74) is 5.96. The number of aryl methyl sites for hydroxylation is 2. The van der Waals surface area contributed by atoms with Crippen molar-refractivity contribution in [2.75, 3.05) is 0 Å². The summed E-state index contributed by atoms with van der Waals surface area (Å²) in [6.07, 6.45) is 2.81. The zero-order chi connectivity index (χ0) is 11.4. The van der Waals surface area contributed by atoms with Crippen molar-refractivity contribution in [2.45, 2.75) is 34.1 Å². The van der Waals surface area contributed by atoms with Gasteiger partial charge in [0.15, 0.2) is 0 Å². The van der Waals surface area contributed by atoms with E-state index in [0.717, 1.165) is 17.8 Å². The Morgan fingerprint density at radius 2 is 2.07 bits per heavy atom. The molecule has 0 aliphatic carbocycles. The lowest BCUT2D eigenvalue weighted by molar-refractivity contribution is 1.11. The van der Waals surface area contributed by atoms with E-state index in [2.05, 4.69) is 44.5 Å². The fraction of sp³-hybridized carbons (Fsp3) is 0.357. The van der Waals surface area contributed by atoms with Crippen LogP contribution in [0.15, 0.2) is 29.8 Å². The topological polar surface area (TPSA) is 12.4 Å². The van der Waals surface area contributed by atoms with E-state index in [-0.39, 0.29) is 0 Å². The molecule has 0 heterocycles. The first kappa shape index (κ1) is 11.7. The molecule has 0 aliphatic rings. The van der Waals surface area contributed by atoms with E-state index >= 15 is 0 Å². The molecule has 0 aromatic heterocycles. The van der Waals surface area contributed by atoms with Crippen LogP contribution in [0.4, 0.5) is 5.69 Å². The second-order valence-corrected chi connectivity index (χ2v) is 3.83. The SMILES string of the molecule is C=CC(C)=Nc1c(CC)ccc(C)c1C. The molecule has 1 nitrogen and oxygen atoms in total. The lowest BCUT2D eigenvalue weighted by atomic mass is 10.0. The lowest BCUT2D eigenvalue weighted by Crippen LogP contribution is -1.91. The highest BCUT2D eigenvalue weighted by Gasteiger charge is 2.05. The molecule has 1 rings (SSSR count). The highest BCUT2D eigenvalue weighted by atomic mass is 14.7. The molecule has 0 saturated heterocycles. The molecule has 1 heteroatoms. The normalized spacial score (nSPS) is 11.6. The first-order valence-corrected chi connectivity index (χ1v) is 5.37. The molecule has 80 valence electrons. The van der Waals surface area contributed by atoms with E-state index in [0.29, 0.717) is 0 Å². The van der Waals surface area contributed by atoms with E-state index in [9.17, 15) is 0 Å². The van der Waals surface area contributed by atoms with E-state index in [1.54, 1.807) is 6.08 Å². The molecule has 0 unspecified atom stereocenters. The van der Waals surface area contributed by atoms with Gasteiger partial charge in [-0.25, -0.2) is 0 Å². The summed E-state index contributed by atoms with van der Waals surface area (Å²) >= 11 is 0. The fourth-order valence-corrected chi connectivity index (χ4v) is 1.52. The summed E-state index contributed by atoms with van der Waals surface area (Å²) in [6, 6.07) is 4.33. The van der Waals surface area contributed by atoms with Gasteiger partial charge in [-0.1, -0.05) is 25.6 Å². The second kappa shape index (κ2) is 4.92. The molecular formula is C14H19N. The number of rotatable bonds is 3. The smallest absolute Gasteiger partial charge is 0.0696 e. The predicted octanol–water partition coefficient (Wildman–Crippen LogP) is 4.14. The van der Waals surface area contributed by atoms with Crippen LogP contribution in [0.5, 0.6) is 0 Å². The van der Waals surface area contributed by atoms with Crippen molar-refractivity contribution in [3.05, 3.63) is 41.5 Å². The van der Waals surface area contributed by atoms with Crippen LogP contribution in [0.2, 0.25) is 0 Å². The Morgan fingerprint density at radius 3 is 2.60 bits per heavy atom. The molecule has 0 N–H and O–H groups in total. The summed E-state index contributed by atoms with van der Waals surface area (Å²) in [7, 11) is 0. The average Bonchev–Trinajstić information content (AvgIpc) is 2.25. The van der Waals surface area contributed by atoms with Crippen molar-refractivity contribution in [3.63, 3.8) is 0 Å². The Kier molecular flexibility index (Phi) is 3.84. The molecule has 15 heavy (non-hydrogen) atoms. The summed E-state index contributed by atoms with van der Waals surface area (Å²) in [5, 5.41) is 0. The minimum atomic E-state index is 0.971. The molecule has 1 aromatic rings. The van der Waals surface area contributed by atoms with Crippen LogP contribution in [0.25, 0.3) is 0 Å². The van der Waals surface area contributed by atoms with Gasteiger partial charge in [-0.3, -0.25) is 4.99 Å². The highest BCUT2D eigenvalue weighted by Crippen LogP contribution is 2.27. The lowest BCUT2D eigenvalue weighted by Gasteiger charge is -2.10. The molecule has 0 spiro atoms. The standard InChI is InChI=1S/C14H19N/c1-6-11(4)15-14-12(5)10(3)8-9-13(14)7-2/h6,8-9H,1,7H2,2-5H3. The van der Waals surface area contributed by atoms with Gasteiger partial charge in [-0.15, -0.1) is 0 Å². The van der Waals surface area contributed by atoms with Crippen molar-refractivity contribution in [1.82, 2.24) is 0 Å². The second-order valence-electron chi connectivity index (χ2n) is 3.83. The third kappa shape index (κ3) is 2.56. The quantitative estimate of drug-likeness (QED) is 0.652. The van der Waals surface area contributed by atoms with E-state index in [4.69, 9.17) is 0 Å². The summed E-state index contributed by atoms with van der Waals surface area (Å²) < 4.78 is 0. The van der Waals surface area contributed by atoms with Crippen LogP contribution in [-0.2, 0) is 6.42 Å². The summed E-state index contributed by atoms with van der Waals surface area (Å²) in [4.78, 5) is 4.61. The Balaban J connectivity index is 3.36.